The standard InChI is InChI=1S/C23H18BrClN4O/c24-17-9-15-11-19(28-21(15)27-13-17)23(7-2-8-23)16-5-6-20(26-12-16)29-22(30)14-3-1-4-18(25)10-14/h1,3-6,9-13H,2,7-8H2,(H,27,28)(H,26,29,30). The number of anilines is 1. The third-order valence-corrected chi connectivity index (χ3v) is 6.47. The van der Waals surface area contributed by atoms with Crippen molar-refractivity contribution < 1.29 is 4.79 Å². The third kappa shape index (κ3) is 3.40. The fraction of sp³-hybridized carbons (Fsp3) is 0.174. The highest BCUT2D eigenvalue weighted by molar-refractivity contribution is 9.10. The van der Waals surface area contributed by atoms with Gasteiger partial charge in [0, 0.05) is 43.9 Å². The van der Waals surface area contributed by atoms with E-state index in [1.807, 2.05) is 12.3 Å². The molecule has 2 N–H and O–H groups in total. The first-order valence-electron chi connectivity index (χ1n) is 9.72. The minimum atomic E-state index is -0.233. The molecule has 3 heterocycles. The number of aromatic amines is 1. The summed E-state index contributed by atoms with van der Waals surface area (Å²) in [5.41, 5.74) is 3.60. The van der Waals surface area contributed by atoms with E-state index in [0.717, 1.165) is 39.6 Å². The van der Waals surface area contributed by atoms with Gasteiger partial charge in [0.1, 0.15) is 11.5 Å². The smallest absolute Gasteiger partial charge is 0.256 e. The lowest BCUT2D eigenvalue weighted by molar-refractivity contribution is 0.102. The SMILES string of the molecule is O=C(Nc1ccc(C2(c3cc4cc(Br)cnc4[nH]3)CCC2)cn1)c1cccc(Cl)c1. The molecule has 1 aliphatic carbocycles. The molecular weight excluding hydrogens is 464 g/mol. The topological polar surface area (TPSA) is 70.7 Å². The number of benzene rings is 1. The van der Waals surface area contributed by atoms with Crippen LogP contribution in [0.1, 0.15) is 40.9 Å². The Balaban J connectivity index is 1.41. The van der Waals surface area contributed by atoms with Crippen LogP contribution in [-0.2, 0) is 5.41 Å². The normalized spacial score (nSPS) is 15.0. The third-order valence-electron chi connectivity index (χ3n) is 5.80. The van der Waals surface area contributed by atoms with E-state index in [-0.39, 0.29) is 11.3 Å². The number of nitrogens with one attached hydrogen (secondary N) is 2. The van der Waals surface area contributed by atoms with Crippen LogP contribution in [0.3, 0.4) is 0 Å². The van der Waals surface area contributed by atoms with Gasteiger partial charge in [-0.25, -0.2) is 9.97 Å². The highest BCUT2D eigenvalue weighted by Gasteiger charge is 2.42. The van der Waals surface area contributed by atoms with Gasteiger partial charge in [-0.15, -0.1) is 0 Å². The molecule has 0 unspecified atom stereocenters. The summed E-state index contributed by atoms with van der Waals surface area (Å²) in [6.07, 6.45) is 6.93. The Hall–Kier alpha value is -2.70. The quantitative estimate of drug-likeness (QED) is 0.370. The predicted octanol–water partition coefficient (Wildman–Crippen LogP) is 6.10. The predicted molar refractivity (Wildman–Crippen MR) is 122 cm³/mol. The van der Waals surface area contributed by atoms with Crippen molar-refractivity contribution >= 4 is 50.3 Å². The lowest BCUT2D eigenvalue weighted by atomic mass is 9.63. The molecule has 3 aromatic heterocycles. The van der Waals surface area contributed by atoms with Gasteiger partial charge in [0.2, 0.25) is 0 Å². The van der Waals surface area contributed by atoms with Crippen LogP contribution in [0.4, 0.5) is 5.82 Å². The Kier molecular flexibility index (Phi) is 4.83. The van der Waals surface area contributed by atoms with Gasteiger partial charge < -0.3 is 10.3 Å². The van der Waals surface area contributed by atoms with E-state index in [0.29, 0.717) is 16.4 Å². The Morgan fingerprint density at radius 2 is 1.97 bits per heavy atom. The maximum Gasteiger partial charge on any atom is 0.256 e. The summed E-state index contributed by atoms with van der Waals surface area (Å²) in [5, 5.41) is 4.45. The van der Waals surface area contributed by atoms with Gasteiger partial charge in [-0.3, -0.25) is 4.79 Å². The van der Waals surface area contributed by atoms with E-state index in [1.54, 1.807) is 30.5 Å². The summed E-state index contributed by atoms with van der Waals surface area (Å²) in [4.78, 5) is 24.9. The molecule has 30 heavy (non-hydrogen) atoms. The minimum Gasteiger partial charge on any atom is -0.342 e. The molecule has 5 rings (SSSR count). The van der Waals surface area contributed by atoms with Gasteiger partial charge in [0.25, 0.3) is 5.91 Å². The Morgan fingerprint density at radius 3 is 2.67 bits per heavy atom. The van der Waals surface area contributed by atoms with Crippen molar-refractivity contribution in [2.24, 2.45) is 0 Å². The van der Waals surface area contributed by atoms with Gasteiger partial charge in [-0.2, -0.15) is 0 Å². The second-order valence-electron chi connectivity index (χ2n) is 7.61. The number of carbonyl (C=O) groups is 1. The van der Waals surface area contributed by atoms with Gasteiger partial charge in [0.05, 0.1) is 0 Å². The number of fused-ring (bicyclic) bond motifs is 1. The molecule has 0 saturated heterocycles. The molecule has 1 aromatic carbocycles. The molecule has 1 aliphatic rings. The lowest BCUT2D eigenvalue weighted by Gasteiger charge is -2.41. The Morgan fingerprint density at radius 1 is 1.10 bits per heavy atom. The summed E-state index contributed by atoms with van der Waals surface area (Å²) in [7, 11) is 0. The molecule has 7 heteroatoms. The summed E-state index contributed by atoms with van der Waals surface area (Å²) in [5.74, 6) is 0.281. The molecule has 0 aliphatic heterocycles. The molecular formula is C23H18BrClN4O. The van der Waals surface area contributed by atoms with Crippen LogP contribution < -0.4 is 5.32 Å². The van der Waals surface area contributed by atoms with Crippen LogP contribution in [0, 0.1) is 0 Å². The van der Waals surface area contributed by atoms with E-state index in [9.17, 15) is 4.79 Å². The monoisotopic (exact) mass is 480 g/mol. The fourth-order valence-electron chi connectivity index (χ4n) is 4.06. The molecule has 5 nitrogen and oxygen atoms in total. The molecule has 150 valence electrons. The average Bonchev–Trinajstić information content (AvgIpc) is 3.11. The van der Waals surface area contributed by atoms with Crippen molar-refractivity contribution in [2.75, 3.05) is 5.32 Å². The number of H-pyrrole nitrogens is 1. The number of hydrogen-bond donors (Lipinski definition) is 2. The molecule has 1 saturated carbocycles. The van der Waals surface area contributed by atoms with Crippen LogP contribution in [0.15, 0.2) is 65.4 Å². The number of nitrogens with zero attached hydrogens (tertiary/aromatic N) is 2. The van der Waals surface area contributed by atoms with E-state index >= 15 is 0 Å². The number of pyridine rings is 2. The van der Waals surface area contributed by atoms with Crippen molar-refractivity contribution in [3.63, 3.8) is 0 Å². The van der Waals surface area contributed by atoms with Crippen LogP contribution in [0.5, 0.6) is 0 Å². The first-order chi connectivity index (χ1) is 14.5. The number of aromatic nitrogens is 3. The largest absolute Gasteiger partial charge is 0.342 e. The van der Waals surface area contributed by atoms with Gasteiger partial charge in [-0.05, 0) is 70.7 Å². The van der Waals surface area contributed by atoms with E-state index in [4.69, 9.17) is 11.6 Å². The molecule has 1 amide bonds. The zero-order chi connectivity index (χ0) is 20.7. The second-order valence-corrected chi connectivity index (χ2v) is 8.96. The maximum atomic E-state index is 12.4. The second kappa shape index (κ2) is 7.52. The molecule has 1 fully saturated rings. The summed E-state index contributed by atoms with van der Waals surface area (Å²) in [6.45, 7) is 0. The van der Waals surface area contributed by atoms with Crippen LogP contribution >= 0.6 is 27.5 Å². The zero-order valence-corrected chi connectivity index (χ0v) is 18.3. The molecule has 4 aromatic rings. The van der Waals surface area contributed by atoms with E-state index in [2.05, 4.69) is 54.4 Å². The zero-order valence-electron chi connectivity index (χ0n) is 16.0. The highest BCUT2D eigenvalue weighted by Crippen LogP contribution is 2.49. The van der Waals surface area contributed by atoms with Crippen molar-refractivity contribution in [1.29, 1.82) is 0 Å². The van der Waals surface area contributed by atoms with Crippen molar-refractivity contribution in [2.45, 2.75) is 24.7 Å². The summed E-state index contributed by atoms with van der Waals surface area (Å²) < 4.78 is 0.963. The minimum absolute atomic E-state index is 0.0876. The molecule has 0 radical (unpaired) electrons. The average molecular weight is 482 g/mol. The summed E-state index contributed by atoms with van der Waals surface area (Å²) in [6, 6.07) is 15.0. The number of halogens is 2. The van der Waals surface area contributed by atoms with Gasteiger partial charge in [-0.1, -0.05) is 30.2 Å². The lowest BCUT2D eigenvalue weighted by Crippen LogP contribution is -2.36. The first-order valence-corrected chi connectivity index (χ1v) is 10.9. The Bertz CT molecular complexity index is 1250. The Labute approximate surface area is 187 Å². The van der Waals surface area contributed by atoms with Crippen LogP contribution in [-0.4, -0.2) is 20.9 Å². The summed E-state index contributed by atoms with van der Waals surface area (Å²) >= 11 is 9.46. The highest BCUT2D eigenvalue weighted by atomic mass is 79.9. The van der Waals surface area contributed by atoms with E-state index in [1.165, 1.54) is 6.42 Å². The van der Waals surface area contributed by atoms with Gasteiger partial charge >= 0.3 is 0 Å². The number of carbonyl (C=O) groups excluding carboxylic acids is 1. The van der Waals surface area contributed by atoms with Crippen molar-refractivity contribution in [3.05, 3.63) is 87.2 Å². The maximum absolute atomic E-state index is 12.4. The van der Waals surface area contributed by atoms with Crippen LogP contribution in [0.2, 0.25) is 5.02 Å². The van der Waals surface area contributed by atoms with Crippen LogP contribution in [0.25, 0.3) is 11.0 Å². The van der Waals surface area contributed by atoms with Gasteiger partial charge in [0.15, 0.2) is 0 Å². The van der Waals surface area contributed by atoms with E-state index < -0.39 is 0 Å². The fourth-order valence-corrected chi connectivity index (χ4v) is 4.60. The van der Waals surface area contributed by atoms with Crippen molar-refractivity contribution in [3.8, 4) is 0 Å². The molecule has 0 bridgehead atoms. The first kappa shape index (κ1) is 19.3. The van der Waals surface area contributed by atoms with Crippen molar-refractivity contribution in [1.82, 2.24) is 15.0 Å². The molecule has 0 spiro atoms. The number of rotatable bonds is 4. The number of hydrogen-bond acceptors (Lipinski definition) is 3. The number of amides is 1. The molecule has 0 atom stereocenters.